The molecule has 0 spiro atoms. The Balaban J connectivity index is 2.81. The number of rotatable bonds is 5. The van der Waals surface area contributed by atoms with Gasteiger partial charge in [-0.05, 0) is 61.9 Å². The molecule has 2 aromatic rings. The molecule has 0 heterocycles. The van der Waals surface area contributed by atoms with Crippen molar-refractivity contribution in [2.75, 3.05) is 0 Å². The Labute approximate surface area is 177 Å². The van der Waals surface area contributed by atoms with Crippen LogP contribution in [0.3, 0.4) is 0 Å². The van der Waals surface area contributed by atoms with Crippen molar-refractivity contribution in [1.82, 2.24) is 0 Å². The zero-order valence-corrected chi connectivity index (χ0v) is 17.6. The highest BCUT2D eigenvalue weighted by atomic mass is 14.3. The molecule has 1 aliphatic carbocycles. The maximum absolute atomic E-state index is 6.89. The van der Waals surface area contributed by atoms with Gasteiger partial charge in [0, 0.05) is 0 Å². The molecule has 140 valence electrons. The quantitative estimate of drug-likeness (QED) is 0.654. The molecule has 0 unspecified atom stereocenters. The van der Waals surface area contributed by atoms with Gasteiger partial charge >= 0.3 is 0 Å². The summed E-state index contributed by atoms with van der Waals surface area (Å²) in [5, 5.41) is 3.19. The van der Waals surface area contributed by atoms with Gasteiger partial charge in [0.15, 0.2) is 0 Å². The minimum Gasteiger partial charge on any atom is -0.0990 e. The lowest BCUT2D eigenvalue weighted by atomic mass is 9.44. The SMILES string of the molecule is [B]C1([B])C(/C=C\C)=C(C=C)c2cccc3c(C(C)C)c(=C/C=C)/c(=C\C=C)c1c23. The first-order valence-electron chi connectivity index (χ1n) is 9.97. The van der Waals surface area contributed by atoms with Crippen molar-refractivity contribution in [3.05, 3.63) is 101 Å². The molecule has 2 heteroatoms. The van der Waals surface area contributed by atoms with Crippen molar-refractivity contribution in [2.24, 2.45) is 0 Å². The monoisotopic (exact) mass is 372 g/mol. The van der Waals surface area contributed by atoms with Gasteiger partial charge in [0.25, 0.3) is 0 Å². The van der Waals surface area contributed by atoms with Crippen LogP contribution in [0.25, 0.3) is 28.5 Å². The first kappa shape index (κ1) is 21.0. The smallest absolute Gasteiger partial charge is 0.0746 e. The lowest BCUT2D eigenvalue weighted by molar-refractivity contribution is 0.863. The minimum atomic E-state index is -1.17. The normalized spacial score (nSPS) is 16.8. The first-order chi connectivity index (χ1) is 13.8. The van der Waals surface area contributed by atoms with E-state index in [4.69, 9.17) is 15.7 Å². The second-order valence-electron chi connectivity index (χ2n) is 7.70. The number of hydrogen-bond donors (Lipinski definition) is 0. The lowest BCUT2D eigenvalue weighted by Crippen LogP contribution is -2.44. The van der Waals surface area contributed by atoms with E-state index in [1.54, 1.807) is 6.08 Å². The third-order valence-corrected chi connectivity index (χ3v) is 5.58. The molecule has 0 saturated heterocycles. The topological polar surface area (TPSA) is 0 Å². The third kappa shape index (κ3) is 3.12. The fourth-order valence-electron chi connectivity index (χ4n) is 4.59. The van der Waals surface area contributed by atoms with Crippen LogP contribution >= 0.6 is 0 Å². The summed E-state index contributed by atoms with van der Waals surface area (Å²) in [5.74, 6) is 0.306. The minimum absolute atomic E-state index is 0.306. The number of hydrogen-bond acceptors (Lipinski definition) is 0. The van der Waals surface area contributed by atoms with Crippen LogP contribution in [-0.2, 0) is 5.21 Å². The van der Waals surface area contributed by atoms with E-state index in [-0.39, 0.29) is 0 Å². The Morgan fingerprint density at radius 3 is 2.21 bits per heavy atom. The molecule has 0 aliphatic heterocycles. The molecule has 4 radical (unpaired) electrons. The summed E-state index contributed by atoms with van der Waals surface area (Å²) in [5.41, 5.74) is 5.12. The molecule has 0 aromatic heterocycles. The Hall–Kier alpha value is -2.73. The maximum atomic E-state index is 6.89. The highest BCUT2D eigenvalue weighted by molar-refractivity contribution is 6.45. The molecule has 2 aromatic carbocycles. The first-order valence-corrected chi connectivity index (χ1v) is 9.97. The van der Waals surface area contributed by atoms with Crippen molar-refractivity contribution in [2.45, 2.75) is 31.9 Å². The van der Waals surface area contributed by atoms with E-state index >= 15 is 0 Å². The summed E-state index contributed by atoms with van der Waals surface area (Å²) >= 11 is 0. The van der Waals surface area contributed by atoms with Crippen LogP contribution in [0, 0.1) is 0 Å². The van der Waals surface area contributed by atoms with Gasteiger partial charge in [-0.15, -0.1) is 0 Å². The lowest BCUT2D eigenvalue weighted by Gasteiger charge is -2.38. The van der Waals surface area contributed by atoms with Crippen molar-refractivity contribution in [1.29, 1.82) is 0 Å². The van der Waals surface area contributed by atoms with E-state index in [2.05, 4.69) is 51.8 Å². The zero-order valence-electron chi connectivity index (χ0n) is 17.6. The molecule has 0 fully saturated rings. The van der Waals surface area contributed by atoms with Crippen LogP contribution in [0.15, 0.2) is 73.9 Å². The Morgan fingerprint density at radius 1 is 1.00 bits per heavy atom. The predicted octanol–water partition coefficient (Wildman–Crippen LogP) is 4.92. The van der Waals surface area contributed by atoms with Gasteiger partial charge in [-0.25, -0.2) is 0 Å². The van der Waals surface area contributed by atoms with E-state index in [9.17, 15) is 0 Å². The summed E-state index contributed by atoms with van der Waals surface area (Å²) in [6.45, 7) is 18.3. The molecular weight excluding hydrogens is 346 g/mol. The van der Waals surface area contributed by atoms with E-state index in [1.165, 1.54) is 10.9 Å². The molecule has 0 atom stereocenters. The van der Waals surface area contributed by atoms with Crippen molar-refractivity contribution in [3.63, 3.8) is 0 Å². The number of benzene rings is 2. The third-order valence-electron chi connectivity index (χ3n) is 5.58. The van der Waals surface area contributed by atoms with Gasteiger partial charge < -0.3 is 0 Å². The van der Waals surface area contributed by atoms with Gasteiger partial charge in [0.2, 0.25) is 0 Å². The van der Waals surface area contributed by atoms with Gasteiger partial charge in [-0.2, -0.15) is 0 Å². The van der Waals surface area contributed by atoms with E-state index in [1.807, 2.05) is 43.4 Å². The summed E-state index contributed by atoms with van der Waals surface area (Å²) in [6.07, 6.45) is 13.5. The molecule has 1 aliphatic rings. The second kappa shape index (κ2) is 7.95. The van der Waals surface area contributed by atoms with Gasteiger partial charge in [0.05, 0.1) is 15.7 Å². The average molecular weight is 372 g/mol. The molecule has 0 saturated carbocycles. The number of allylic oxidation sites excluding steroid dienone is 7. The van der Waals surface area contributed by atoms with E-state index in [0.29, 0.717) is 5.92 Å². The largest absolute Gasteiger partial charge is 0.0990 e. The van der Waals surface area contributed by atoms with E-state index in [0.717, 1.165) is 38.1 Å². The van der Waals surface area contributed by atoms with Crippen molar-refractivity contribution >= 4 is 44.2 Å². The highest BCUT2D eigenvalue weighted by Gasteiger charge is 2.34. The van der Waals surface area contributed by atoms with Crippen LogP contribution < -0.4 is 10.4 Å². The molecule has 0 bridgehead atoms. The highest BCUT2D eigenvalue weighted by Crippen LogP contribution is 2.44. The van der Waals surface area contributed by atoms with E-state index < -0.39 is 5.21 Å². The van der Waals surface area contributed by atoms with Gasteiger partial charge in [0.1, 0.15) is 0 Å². The molecule has 3 rings (SSSR count). The summed E-state index contributed by atoms with van der Waals surface area (Å²) in [7, 11) is 13.8. The van der Waals surface area contributed by atoms with Crippen LogP contribution in [0.1, 0.15) is 43.4 Å². The van der Waals surface area contributed by atoms with Crippen molar-refractivity contribution < 1.29 is 0 Å². The van der Waals surface area contributed by atoms with Gasteiger partial charge in [-0.3, -0.25) is 0 Å². The Bertz CT molecular complexity index is 1200. The zero-order chi connectivity index (χ0) is 21.3. The van der Waals surface area contributed by atoms with Crippen LogP contribution in [0.2, 0.25) is 0 Å². The standard InChI is InChI=1S/C27H26B2/c1-7-12-19-21(13-8-2)26-25-20(15-11-16-22(25)24(19)17(5)6)18(10-4)23(14-9-3)27(26,28)29/h7-17H,1-2,4H2,3,5-6H3/b14-9-,19-12+,21-13+. The average Bonchev–Trinajstić information content (AvgIpc) is 2.67. The maximum Gasteiger partial charge on any atom is 0.0746 e. The molecule has 0 N–H and O–H groups in total. The predicted molar refractivity (Wildman–Crippen MR) is 132 cm³/mol. The summed E-state index contributed by atoms with van der Waals surface area (Å²) in [6, 6.07) is 6.38. The van der Waals surface area contributed by atoms with Gasteiger partial charge in [-0.1, -0.05) is 99.5 Å². The summed E-state index contributed by atoms with van der Waals surface area (Å²) in [4.78, 5) is 0. The fraction of sp³-hybridized carbons (Fsp3) is 0.185. The molecule has 29 heavy (non-hydrogen) atoms. The summed E-state index contributed by atoms with van der Waals surface area (Å²) < 4.78 is 0. The molecular formula is C27H26B2. The van der Waals surface area contributed by atoms with Crippen LogP contribution in [0.5, 0.6) is 0 Å². The van der Waals surface area contributed by atoms with Crippen LogP contribution in [-0.4, -0.2) is 15.7 Å². The fourth-order valence-corrected chi connectivity index (χ4v) is 4.59. The Kier molecular flexibility index (Phi) is 5.75. The second-order valence-corrected chi connectivity index (χ2v) is 7.70. The van der Waals surface area contributed by atoms with Crippen molar-refractivity contribution in [3.8, 4) is 0 Å². The van der Waals surface area contributed by atoms with Crippen LogP contribution in [0.4, 0.5) is 0 Å². The Morgan fingerprint density at radius 2 is 1.66 bits per heavy atom. The molecule has 0 nitrogen and oxygen atoms in total. The molecule has 0 amide bonds.